The number of hydrogen-bond donors (Lipinski definition) is 2. The quantitative estimate of drug-likeness (QED) is 0.911. The van der Waals surface area contributed by atoms with Crippen LogP contribution in [-0.4, -0.2) is 16.1 Å². The number of nitrogens with zero attached hydrogens (tertiary/aromatic N) is 1. The van der Waals surface area contributed by atoms with E-state index >= 15 is 0 Å². The van der Waals surface area contributed by atoms with Crippen LogP contribution < -0.4 is 5.32 Å². The molecule has 0 amide bonds. The van der Waals surface area contributed by atoms with Gasteiger partial charge in [0.1, 0.15) is 11.6 Å². The second-order valence-corrected chi connectivity index (χ2v) is 4.32. The van der Waals surface area contributed by atoms with Crippen molar-refractivity contribution in [1.29, 1.82) is 0 Å². The van der Waals surface area contributed by atoms with Gasteiger partial charge in [0.25, 0.3) is 0 Å². The summed E-state index contributed by atoms with van der Waals surface area (Å²) in [6.07, 6.45) is 0. The molecule has 1 aromatic carbocycles. The number of pyridine rings is 1. The molecule has 1 aromatic heterocycles. The molecule has 0 saturated heterocycles. The van der Waals surface area contributed by atoms with Crippen LogP contribution in [0.25, 0.3) is 0 Å². The third kappa shape index (κ3) is 2.84. The summed E-state index contributed by atoms with van der Waals surface area (Å²) >= 11 is 3.05. The van der Waals surface area contributed by atoms with E-state index in [9.17, 15) is 9.18 Å². The Hall–Kier alpha value is -1.95. The predicted octanol–water partition coefficient (Wildman–Crippen LogP) is 3.43. The summed E-state index contributed by atoms with van der Waals surface area (Å²) in [7, 11) is 0. The summed E-state index contributed by atoms with van der Waals surface area (Å²) in [6.45, 7) is 0. The number of aromatic carboxylic acids is 1. The predicted molar refractivity (Wildman–Crippen MR) is 68.6 cm³/mol. The van der Waals surface area contributed by atoms with Crippen molar-refractivity contribution in [2.24, 2.45) is 0 Å². The number of hydrogen-bond acceptors (Lipinski definition) is 3. The maximum atomic E-state index is 13.3. The number of anilines is 2. The Balaban J connectivity index is 2.25. The molecule has 0 aliphatic heterocycles. The van der Waals surface area contributed by atoms with Gasteiger partial charge in [0.15, 0.2) is 5.69 Å². The van der Waals surface area contributed by atoms with Gasteiger partial charge in [0, 0.05) is 5.69 Å². The Labute approximate surface area is 111 Å². The third-order valence-electron chi connectivity index (χ3n) is 2.16. The van der Waals surface area contributed by atoms with Gasteiger partial charge in [-0.1, -0.05) is 6.07 Å². The van der Waals surface area contributed by atoms with E-state index in [4.69, 9.17) is 5.11 Å². The van der Waals surface area contributed by atoms with Gasteiger partial charge in [0.2, 0.25) is 0 Å². The lowest BCUT2D eigenvalue weighted by molar-refractivity contribution is 0.0690. The van der Waals surface area contributed by atoms with Gasteiger partial charge in [0.05, 0.1) is 4.47 Å². The molecule has 0 atom stereocenters. The molecule has 4 nitrogen and oxygen atoms in total. The zero-order valence-electron chi connectivity index (χ0n) is 9.02. The van der Waals surface area contributed by atoms with Crippen LogP contribution in [0.3, 0.4) is 0 Å². The zero-order valence-corrected chi connectivity index (χ0v) is 10.6. The number of aromatic nitrogens is 1. The minimum Gasteiger partial charge on any atom is -0.477 e. The van der Waals surface area contributed by atoms with E-state index in [1.807, 2.05) is 0 Å². The average Bonchev–Trinajstić information content (AvgIpc) is 2.34. The summed E-state index contributed by atoms with van der Waals surface area (Å²) in [4.78, 5) is 14.6. The number of nitrogens with one attached hydrogen (secondary N) is 1. The van der Waals surface area contributed by atoms with Crippen LogP contribution in [0.2, 0.25) is 0 Å². The SMILES string of the molecule is O=C(O)c1cccc(Nc2ccc(Br)c(F)c2)n1. The Morgan fingerprint density at radius 3 is 2.78 bits per heavy atom. The first-order valence-corrected chi connectivity index (χ1v) is 5.78. The first-order valence-electron chi connectivity index (χ1n) is 4.98. The second-order valence-electron chi connectivity index (χ2n) is 3.47. The molecule has 2 rings (SSSR count). The van der Waals surface area contributed by atoms with Crippen LogP contribution in [-0.2, 0) is 0 Å². The van der Waals surface area contributed by atoms with Crippen LogP contribution in [0.15, 0.2) is 40.9 Å². The minimum absolute atomic E-state index is 0.0717. The molecule has 0 aliphatic carbocycles. The molecule has 0 spiro atoms. The van der Waals surface area contributed by atoms with Crippen molar-refractivity contribution in [3.8, 4) is 0 Å². The molecule has 0 bridgehead atoms. The van der Waals surface area contributed by atoms with Gasteiger partial charge < -0.3 is 10.4 Å². The van der Waals surface area contributed by atoms with Gasteiger partial charge in [-0.2, -0.15) is 0 Å². The Morgan fingerprint density at radius 2 is 2.11 bits per heavy atom. The van der Waals surface area contributed by atoms with Crippen molar-refractivity contribution in [1.82, 2.24) is 4.98 Å². The highest BCUT2D eigenvalue weighted by Gasteiger charge is 2.06. The number of halogens is 2. The maximum absolute atomic E-state index is 13.3. The average molecular weight is 311 g/mol. The molecule has 0 saturated carbocycles. The molecular weight excluding hydrogens is 303 g/mol. The zero-order chi connectivity index (χ0) is 13.1. The van der Waals surface area contributed by atoms with Crippen LogP contribution in [0.4, 0.5) is 15.9 Å². The Morgan fingerprint density at radius 1 is 1.33 bits per heavy atom. The lowest BCUT2D eigenvalue weighted by atomic mass is 10.3. The van der Waals surface area contributed by atoms with Crippen LogP contribution in [0.5, 0.6) is 0 Å². The molecule has 0 aliphatic rings. The van der Waals surface area contributed by atoms with Crippen molar-refractivity contribution >= 4 is 33.4 Å². The molecule has 0 radical (unpaired) electrons. The first-order chi connectivity index (χ1) is 8.56. The Kier molecular flexibility index (Phi) is 3.57. The number of carboxylic acids is 1. The number of benzene rings is 1. The van der Waals surface area contributed by atoms with E-state index < -0.39 is 11.8 Å². The Bertz CT molecular complexity index is 604. The minimum atomic E-state index is -1.11. The van der Waals surface area contributed by atoms with E-state index in [0.29, 0.717) is 16.0 Å². The van der Waals surface area contributed by atoms with Gasteiger partial charge in [-0.3, -0.25) is 0 Å². The molecule has 2 aromatic rings. The van der Waals surface area contributed by atoms with Crippen LogP contribution >= 0.6 is 15.9 Å². The fourth-order valence-electron chi connectivity index (χ4n) is 1.35. The van der Waals surface area contributed by atoms with Crippen LogP contribution in [0.1, 0.15) is 10.5 Å². The summed E-state index contributed by atoms with van der Waals surface area (Å²) in [5.41, 5.74) is 0.420. The van der Waals surface area contributed by atoms with E-state index in [2.05, 4.69) is 26.2 Å². The molecular formula is C12H8BrFN2O2. The molecule has 1 heterocycles. The molecule has 0 fully saturated rings. The molecule has 6 heteroatoms. The highest BCUT2D eigenvalue weighted by molar-refractivity contribution is 9.10. The molecule has 18 heavy (non-hydrogen) atoms. The monoisotopic (exact) mass is 310 g/mol. The largest absolute Gasteiger partial charge is 0.477 e. The second kappa shape index (κ2) is 5.14. The summed E-state index contributed by atoms with van der Waals surface area (Å²) in [6, 6.07) is 9.05. The fraction of sp³-hybridized carbons (Fsp3) is 0. The number of carboxylic acid groups (broad SMARTS) is 1. The van der Waals surface area contributed by atoms with Gasteiger partial charge >= 0.3 is 5.97 Å². The van der Waals surface area contributed by atoms with Crippen molar-refractivity contribution in [3.05, 3.63) is 52.4 Å². The number of rotatable bonds is 3. The molecule has 0 unspecified atom stereocenters. The topological polar surface area (TPSA) is 62.2 Å². The lowest BCUT2D eigenvalue weighted by Gasteiger charge is -2.06. The summed E-state index contributed by atoms with van der Waals surface area (Å²) < 4.78 is 13.6. The van der Waals surface area contributed by atoms with E-state index in [1.165, 1.54) is 12.1 Å². The normalized spacial score (nSPS) is 10.1. The molecule has 92 valence electrons. The van der Waals surface area contributed by atoms with E-state index in [1.54, 1.807) is 24.3 Å². The first kappa shape index (κ1) is 12.5. The summed E-state index contributed by atoms with van der Waals surface area (Å²) in [5.74, 6) is -1.17. The van der Waals surface area contributed by atoms with Gasteiger partial charge in [-0.05, 0) is 46.3 Å². The summed E-state index contributed by atoms with van der Waals surface area (Å²) in [5, 5.41) is 11.6. The third-order valence-corrected chi connectivity index (χ3v) is 2.80. The lowest BCUT2D eigenvalue weighted by Crippen LogP contribution is -2.02. The van der Waals surface area contributed by atoms with E-state index in [0.717, 1.165) is 0 Å². The van der Waals surface area contributed by atoms with Crippen molar-refractivity contribution < 1.29 is 14.3 Å². The highest BCUT2D eigenvalue weighted by Crippen LogP contribution is 2.21. The standard InChI is InChI=1S/C12H8BrFN2O2/c13-8-5-4-7(6-9(8)14)15-11-3-1-2-10(16-11)12(17)18/h1-6H,(H,15,16)(H,17,18). The van der Waals surface area contributed by atoms with Gasteiger partial charge in [-0.15, -0.1) is 0 Å². The van der Waals surface area contributed by atoms with Crippen molar-refractivity contribution in [3.63, 3.8) is 0 Å². The van der Waals surface area contributed by atoms with Crippen molar-refractivity contribution in [2.45, 2.75) is 0 Å². The van der Waals surface area contributed by atoms with E-state index in [-0.39, 0.29) is 5.69 Å². The van der Waals surface area contributed by atoms with Gasteiger partial charge in [-0.25, -0.2) is 14.2 Å². The number of carbonyl (C=O) groups is 1. The van der Waals surface area contributed by atoms with Crippen molar-refractivity contribution in [2.75, 3.05) is 5.32 Å². The fourth-order valence-corrected chi connectivity index (χ4v) is 1.59. The maximum Gasteiger partial charge on any atom is 0.354 e. The smallest absolute Gasteiger partial charge is 0.354 e. The molecule has 2 N–H and O–H groups in total. The van der Waals surface area contributed by atoms with Crippen LogP contribution in [0, 0.1) is 5.82 Å². The highest BCUT2D eigenvalue weighted by atomic mass is 79.9.